The van der Waals surface area contributed by atoms with E-state index in [1.54, 1.807) is 50.2 Å². The molecule has 1 saturated heterocycles. The lowest BCUT2D eigenvalue weighted by molar-refractivity contribution is -0.191. The number of ether oxygens (including phenoxy) is 1. The van der Waals surface area contributed by atoms with Crippen LogP contribution in [0.2, 0.25) is 0 Å². The van der Waals surface area contributed by atoms with Crippen LogP contribution in [0, 0.1) is 5.41 Å². The Kier molecular flexibility index (Phi) is 5.57. The van der Waals surface area contributed by atoms with Crippen LogP contribution in [0.4, 0.5) is 13.2 Å². The average Bonchev–Trinajstić information content (AvgIpc) is 2.88. The number of halogens is 3. The summed E-state index contributed by atoms with van der Waals surface area (Å²) in [5.41, 5.74) is 1.56. The van der Waals surface area contributed by atoms with E-state index in [1.165, 1.54) is 0 Å². The number of fused-ring (bicyclic) bond motifs is 1. The highest BCUT2D eigenvalue weighted by Gasteiger charge is 2.52. The maximum absolute atomic E-state index is 14.3. The topological polar surface area (TPSA) is 41.6 Å². The van der Waals surface area contributed by atoms with E-state index in [2.05, 4.69) is 5.43 Å². The molecule has 3 rings (SSSR count). The molecule has 1 aliphatic rings. The van der Waals surface area contributed by atoms with Crippen LogP contribution in [0.15, 0.2) is 36.4 Å². The van der Waals surface area contributed by atoms with Gasteiger partial charge in [0.15, 0.2) is 6.04 Å². The van der Waals surface area contributed by atoms with Crippen LogP contribution < -0.4 is 10.2 Å². The molecule has 0 radical (unpaired) electrons. The van der Waals surface area contributed by atoms with E-state index >= 15 is 0 Å². The fraction of sp³-hybridized carbons (Fsp3) is 0.476. The van der Waals surface area contributed by atoms with Gasteiger partial charge in [-0.1, -0.05) is 43.7 Å². The van der Waals surface area contributed by atoms with Gasteiger partial charge in [-0.3, -0.25) is 10.2 Å². The van der Waals surface area contributed by atoms with Crippen molar-refractivity contribution in [2.75, 3.05) is 13.2 Å². The van der Waals surface area contributed by atoms with Crippen LogP contribution >= 0.6 is 0 Å². The molecule has 1 atom stereocenters. The number of benzene rings is 2. The Morgan fingerprint density at radius 3 is 2.54 bits per heavy atom. The van der Waals surface area contributed by atoms with E-state index in [-0.39, 0.29) is 17.9 Å². The summed E-state index contributed by atoms with van der Waals surface area (Å²) in [4.78, 5) is 12.2. The van der Waals surface area contributed by atoms with Crippen molar-refractivity contribution >= 4 is 16.7 Å². The molecule has 1 N–H and O–H groups in total. The van der Waals surface area contributed by atoms with Gasteiger partial charge in [0, 0.05) is 12.1 Å². The minimum absolute atomic E-state index is 0.0414. The SMILES string of the molecule is CCCCOc1ccc2ccccc2c1[C@H](N1CC(C)(C)C(=O)N1)C(F)(F)F. The lowest BCUT2D eigenvalue weighted by Crippen LogP contribution is -2.43. The molecule has 1 amide bonds. The lowest BCUT2D eigenvalue weighted by Gasteiger charge is -2.32. The van der Waals surface area contributed by atoms with E-state index < -0.39 is 23.5 Å². The number of unbranched alkanes of at least 4 members (excludes halogenated alkanes) is 1. The van der Waals surface area contributed by atoms with Gasteiger partial charge in [-0.15, -0.1) is 0 Å². The van der Waals surface area contributed by atoms with Crippen molar-refractivity contribution in [2.24, 2.45) is 5.41 Å². The zero-order valence-corrected chi connectivity index (χ0v) is 16.3. The molecular formula is C21H25F3N2O2. The fourth-order valence-corrected chi connectivity index (χ4v) is 3.48. The smallest absolute Gasteiger partial charge is 0.410 e. The van der Waals surface area contributed by atoms with E-state index in [0.717, 1.165) is 17.9 Å². The van der Waals surface area contributed by atoms with Crippen molar-refractivity contribution in [1.82, 2.24) is 10.4 Å². The van der Waals surface area contributed by atoms with Crippen LogP contribution in [-0.4, -0.2) is 30.2 Å². The maximum Gasteiger partial charge on any atom is 0.410 e. The van der Waals surface area contributed by atoms with E-state index in [0.29, 0.717) is 17.4 Å². The van der Waals surface area contributed by atoms with Crippen molar-refractivity contribution in [1.29, 1.82) is 0 Å². The van der Waals surface area contributed by atoms with E-state index in [4.69, 9.17) is 4.74 Å². The predicted molar refractivity (Wildman–Crippen MR) is 102 cm³/mol. The summed E-state index contributed by atoms with van der Waals surface area (Å²) in [5.74, 6) is -0.219. The Hall–Kier alpha value is -2.28. The Morgan fingerprint density at radius 2 is 1.93 bits per heavy atom. The second-order valence-electron chi connectivity index (χ2n) is 7.80. The molecule has 7 heteroatoms. The molecule has 0 spiro atoms. The number of hydrogen-bond acceptors (Lipinski definition) is 3. The Balaban J connectivity index is 2.15. The quantitative estimate of drug-likeness (QED) is 0.702. The van der Waals surface area contributed by atoms with Gasteiger partial charge in [0.05, 0.1) is 12.0 Å². The summed E-state index contributed by atoms with van der Waals surface area (Å²) < 4.78 is 48.6. The van der Waals surface area contributed by atoms with Gasteiger partial charge in [0.2, 0.25) is 5.91 Å². The highest BCUT2D eigenvalue weighted by atomic mass is 19.4. The molecule has 1 heterocycles. The number of nitrogens with one attached hydrogen (secondary N) is 1. The largest absolute Gasteiger partial charge is 0.493 e. The fourth-order valence-electron chi connectivity index (χ4n) is 3.48. The molecule has 152 valence electrons. The third kappa shape index (κ3) is 3.94. The Labute approximate surface area is 162 Å². The number of carbonyl (C=O) groups excluding carboxylic acids is 1. The minimum atomic E-state index is -4.60. The first kappa shape index (κ1) is 20.5. The second kappa shape index (κ2) is 7.62. The summed E-state index contributed by atoms with van der Waals surface area (Å²) in [7, 11) is 0. The molecule has 0 unspecified atom stereocenters. The van der Waals surface area contributed by atoms with Crippen LogP contribution in [0.3, 0.4) is 0 Å². The van der Waals surface area contributed by atoms with Crippen molar-refractivity contribution in [3.05, 3.63) is 42.0 Å². The third-order valence-electron chi connectivity index (χ3n) is 5.01. The molecule has 0 aliphatic carbocycles. The van der Waals surface area contributed by atoms with Gasteiger partial charge >= 0.3 is 6.18 Å². The second-order valence-corrected chi connectivity index (χ2v) is 7.80. The third-order valence-corrected chi connectivity index (χ3v) is 5.01. The average molecular weight is 394 g/mol. The molecular weight excluding hydrogens is 369 g/mol. The number of alkyl halides is 3. The van der Waals surface area contributed by atoms with Crippen molar-refractivity contribution in [3.63, 3.8) is 0 Å². The first-order valence-corrected chi connectivity index (χ1v) is 9.44. The highest BCUT2D eigenvalue weighted by molar-refractivity contribution is 5.89. The highest BCUT2D eigenvalue weighted by Crippen LogP contribution is 2.46. The monoisotopic (exact) mass is 394 g/mol. The molecule has 2 aromatic carbocycles. The number of nitrogens with zero attached hydrogens (tertiary/aromatic N) is 1. The molecule has 0 aromatic heterocycles. The lowest BCUT2D eigenvalue weighted by atomic mass is 9.92. The van der Waals surface area contributed by atoms with Crippen molar-refractivity contribution in [3.8, 4) is 5.75 Å². The molecule has 1 fully saturated rings. The summed E-state index contributed by atoms with van der Waals surface area (Å²) >= 11 is 0. The number of rotatable bonds is 6. The zero-order valence-electron chi connectivity index (χ0n) is 16.3. The zero-order chi connectivity index (χ0) is 20.5. The number of carbonyl (C=O) groups is 1. The number of hydrazine groups is 1. The van der Waals surface area contributed by atoms with Gasteiger partial charge in [-0.2, -0.15) is 13.2 Å². The van der Waals surface area contributed by atoms with Gasteiger partial charge in [-0.05, 0) is 37.1 Å². The Morgan fingerprint density at radius 1 is 1.21 bits per heavy atom. The molecule has 28 heavy (non-hydrogen) atoms. The first-order chi connectivity index (χ1) is 13.1. The van der Waals surface area contributed by atoms with Crippen LogP contribution in [-0.2, 0) is 4.79 Å². The number of hydrogen-bond donors (Lipinski definition) is 1. The van der Waals surface area contributed by atoms with Crippen LogP contribution in [0.1, 0.15) is 45.2 Å². The summed E-state index contributed by atoms with van der Waals surface area (Å²) in [6.07, 6.45) is -2.97. The van der Waals surface area contributed by atoms with Gasteiger partial charge in [0.25, 0.3) is 0 Å². The van der Waals surface area contributed by atoms with E-state index in [1.807, 2.05) is 6.92 Å². The summed E-state index contributed by atoms with van der Waals surface area (Å²) in [6, 6.07) is 8.29. The molecule has 1 aliphatic heterocycles. The molecule has 0 saturated carbocycles. The van der Waals surface area contributed by atoms with E-state index in [9.17, 15) is 18.0 Å². The molecule has 2 aromatic rings. The predicted octanol–water partition coefficient (Wildman–Crippen LogP) is 5.00. The van der Waals surface area contributed by atoms with Gasteiger partial charge < -0.3 is 4.74 Å². The van der Waals surface area contributed by atoms with Gasteiger partial charge in [0.1, 0.15) is 5.75 Å². The van der Waals surface area contributed by atoms with Crippen molar-refractivity contribution in [2.45, 2.75) is 45.8 Å². The number of amides is 1. The normalized spacial score (nSPS) is 18.3. The Bertz CT molecular complexity index is 864. The van der Waals surface area contributed by atoms with Crippen molar-refractivity contribution < 1.29 is 22.7 Å². The maximum atomic E-state index is 14.3. The molecule has 0 bridgehead atoms. The van der Waals surface area contributed by atoms with Gasteiger partial charge in [-0.25, -0.2) is 5.01 Å². The van der Waals surface area contributed by atoms with Crippen LogP contribution in [0.25, 0.3) is 10.8 Å². The van der Waals surface area contributed by atoms with Crippen LogP contribution in [0.5, 0.6) is 5.75 Å². The molecule has 4 nitrogen and oxygen atoms in total. The summed E-state index contributed by atoms with van der Waals surface area (Å²) in [6.45, 7) is 5.55. The standard InChI is InChI=1S/C21H25F3N2O2/c1-4-5-12-28-16-11-10-14-8-6-7-9-15(14)17(16)18(21(22,23)24)26-13-20(2,3)19(27)25-26/h6-11,18H,4-5,12-13H2,1-3H3,(H,25,27)/t18-/m0/s1. The summed E-state index contributed by atoms with van der Waals surface area (Å²) in [5, 5.41) is 2.16. The minimum Gasteiger partial charge on any atom is -0.493 e. The first-order valence-electron chi connectivity index (χ1n) is 9.44.